The van der Waals surface area contributed by atoms with Crippen LogP contribution in [0.15, 0.2) is 91.0 Å². The van der Waals surface area contributed by atoms with Gasteiger partial charge in [0.1, 0.15) is 11.8 Å². The Bertz CT molecular complexity index is 2230. The monoisotopic (exact) mass is 820 g/mol. The van der Waals surface area contributed by atoms with Gasteiger partial charge in [-0.15, -0.1) is 0 Å². The number of nitrogens with zero attached hydrogens (tertiary/aromatic N) is 5. The molecule has 4 fully saturated rings. The van der Waals surface area contributed by atoms with Gasteiger partial charge in [0.2, 0.25) is 11.8 Å². The van der Waals surface area contributed by atoms with Crippen LogP contribution in [0.25, 0.3) is 0 Å². The van der Waals surface area contributed by atoms with E-state index in [1.165, 1.54) is 66.7 Å². The highest BCUT2D eigenvalue weighted by Crippen LogP contribution is 2.47. The first-order chi connectivity index (χ1) is 29.8. The third-order valence-corrected chi connectivity index (χ3v) is 15.1. The van der Waals surface area contributed by atoms with E-state index < -0.39 is 6.04 Å². The summed E-state index contributed by atoms with van der Waals surface area (Å²) < 4.78 is 0. The van der Waals surface area contributed by atoms with E-state index in [1.54, 1.807) is 4.90 Å². The Morgan fingerprint density at radius 2 is 1.26 bits per heavy atom. The molecule has 2 aliphatic carbocycles. The first-order valence-electron chi connectivity index (χ1n) is 23.0. The molecule has 3 amide bonds. The van der Waals surface area contributed by atoms with Crippen molar-refractivity contribution in [1.29, 1.82) is 0 Å². The lowest BCUT2D eigenvalue weighted by molar-refractivity contribution is -0.136. The molecule has 0 radical (unpaired) electrons. The second kappa shape index (κ2) is 17.3. The molecule has 0 aromatic heterocycles. The number of piperazine rings is 2. The lowest BCUT2D eigenvalue weighted by atomic mass is 9.69. The smallest absolute Gasteiger partial charge is 0.255 e. The van der Waals surface area contributed by atoms with Gasteiger partial charge in [0.25, 0.3) is 5.91 Å². The highest BCUT2D eigenvalue weighted by atomic mass is 16.3. The average molecular weight is 821 g/mol. The third-order valence-electron chi connectivity index (χ3n) is 15.1. The summed E-state index contributed by atoms with van der Waals surface area (Å²) in [5, 5.41) is 12.7. The molecular weight excluding hydrogens is 761 g/mol. The minimum Gasteiger partial charge on any atom is -0.508 e. The molecule has 1 saturated carbocycles. The Hall–Kier alpha value is -5.19. The van der Waals surface area contributed by atoms with Crippen LogP contribution in [-0.2, 0) is 22.6 Å². The standard InChI is InChI=1S/C51H60N6O4/c58-43-16-19-45-37(31-43)12-17-44(35-6-2-1-3-7-35)49(45)36-10-13-41(14-11-36)55-26-22-53(23-27-55)32-38-8-4-5-9-39(38)33-54-24-28-56(29-25-54)42-15-18-46-40(30-42)34-57(51(46)61)47-20-21-48(59)52-50(47)60/h1-3,6-7,10-11,13-16,18-19,30-31,38-39,44,47,49,58H,4-5,8-9,12,17,20-29,32-34H2,(H,52,59,60)/t38-,39-,44+,47?,49-/m0/s1. The summed E-state index contributed by atoms with van der Waals surface area (Å²) in [5.41, 5.74) is 9.48. The van der Waals surface area contributed by atoms with Gasteiger partial charge >= 0.3 is 0 Å². The molecule has 5 atom stereocenters. The molecule has 10 heteroatoms. The molecule has 6 aliphatic rings. The summed E-state index contributed by atoms with van der Waals surface area (Å²) >= 11 is 0. The molecule has 0 spiro atoms. The fourth-order valence-electron chi connectivity index (χ4n) is 11.7. The van der Waals surface area contributed by atoms with Crippen molar-refractivity contribution in [2.75, 3.05) is 75.2 Å². The molecule has 3 saturated heterocycles. The number of hydrogen-bond acceptors (Lipinski definition) is 8. The van der Waals surface area contributed by atoms with Gasteiger partial charge in [0.05, 0.1) is 0 Å². The molecular formula is C51H60N6O4. The molecule has 1 unspecified atom stereocenters. The van der Waals surface area contributed by atoms with Gasteiger partial charge in [-0.05, 0) is 120 Å². The fourth-order valence-corrected chi connectivity index (χ4v) is 11.7. The van der Waals surface area contributed by atoms with Gasteiger partial charge in [-0.1, -0.05) is 61.4 Å². The normalized spacial score (nSPS) is 26.3. The highest BCUT2D eigenvalue weighted by molar-refractivity contribution is 6.05. The quantitative estimate of drug-likeness (QED) is 0.179. The fraction of sp³-hybridized carbons (Fsp3) is 0.471. The molecule has 4 aromatic carbocycles. The van der Waals surface area contributed by atoms with Crippen LogP contribution >= 0.6 is 0 Å². The lowest BCUT2D eigenvalue weighted by Crippen LogP contribution is -2.52. The minimum atomic E-state index is -0.583. The molecule has 4 heterocycles. The van der Waals surface area contributed by atoms with E-state index in [9.17, 15) is 19.5 Å². The number of piperidine rings is 1. The highest BCUT2D eigenvalue weighted by Gasteiger charge is 2.40. The predicted molar refractivity (Wildman–Crippen MR) is 239 cm³/mol. The van der Waals surface area contributed by atoms with Crippen LogP contribution in [0.3, 0.4) is 0 Å². The number of phenolic OH excluding ortho intramolecular Hbond substituents is 1. The number of carbonyl (C=O) groups is 3. The Kier molecular flexibility index (Phi) is 11.3. The molecule has 4 aliphatic heterocycles. The van der Waals surface area contributed by atoms with Crippen LogP contribution in [0.5, 0.6) is 5.75 Å². The van der Waals surface area contributed by atoms with Crippen LogP contribution in [0.4, 0.5) is 11.4 Å². The number of rotatable bonds is 9. The van der Waals surface area contributed by atoms with Crippen molar-refractivity contribution in [3.8, 4) is 5.75 Å². The topological polar surface area (TPSA) is 99.7 Å². The second-order valence-corrected chi connectivity index (χ2v) is 18.6. The zero-order valence-corrected chi connectivity index (χ0v) is 35.4. The molecule has 61 heavy (non-hydrogen) atoms. The van der Waals surface area contributed by atoms with E-state index in [0.717, 1.165) is 88.3 Å². The third kappa shape index (κ3) is 8.29. The van der Waals surface area contributed by atoms with Gasteiger partial charge in [-0.3, -0.25) is 29.5 Å². The Morgan fingerprint density at radius 1 is 0.607 bits per heavy atom. The van der Waals surface area contributed by atoms with Crippen LogP contribution in [0, 0.1) is 11.8 Å². The van der Waals surface area contributed by atoms with Crippen molar-refractivity contribution in [3.63, 3.8) is 0 Å². The SMILES string of the molecule is O=C1CCC(N2Cc3cc(N4CCN(C[C@@H]5CCCC[C@H]5CN5CCN(c6ccc([C@@H]7c8ccc(O)cc8CC[C@@H]7c7ccccc7)cc6)CC5)CC4)ccc3C2=O)C(=O)N1. The van der Waals surface area contributed by atoms with Gasteiger partial charge in [0, 0.05) is 101 Å². The van der Waals surface area contributed by atoms with Crippen molar-refractivity contribution < 1.29 is 19.5 Å². The van der Waals surface area contributed by atoms with Crippen molar-refractivity contribution in [1.82, 2.24) is 20.0 Å². The second-order valence-electron chi connectivity index (χ2n) is 18.6. The summed E-state index contributed by atoms with van der Waals surface area (Å²) in [6.45, 7) is 11.2. The Labute approximate surface area is 360 Å². The van der Waals surface area contributed by atoms with Crippen molar-refractivity contribution in [2.45, 2.75) is 75.8 Å². The number of carbonyl (C=O) groups excluding carboxylic acids is 3. The van der Waals surface area contributed by atoms with E-state index in [-0.39, 0.29) is 30.1 Å². The van der Waals surface area contributed by atoms with E-state index in [1.807, 2.05) is 18.2 Å². The molecule has 2 N–H and O–H groups in total. The summed E-state index contributed by atoms with van der Waals surface area (Å²) in [6, 6.07) is 31.9. The predicted octanol–water partition coefficient (Wildman–Crippen LogP) is 6.77. The number of phenols is 1. The van der Waals surface area contributed by atoms with Crippen LogP contribution < -0.4 is 15.1 Å². The number of aryl methyl sites for hydroxylation is 1. The molecule has 0 bridgehead atoms. The molecule has 10 nitrogen and oxygen atoms in total. The average Bonchev–Trinajstić information content (AvgIpc) is 3.62. The van der Waals surface area contributed by atoms with E-state index in [0.29, 0.717) is 30.2 Å². The minimum absolute atomic E-state index is 0.113. The van der Waals surface area contributed by atoms with Crippen LogP contribution in [0.1, 0.15) is 95.0 Å². The maximum absolute atomic E-state index is 13.2. The van der Waals surface area contributed by atoms with E-state index in [2.05, 4.69) is 97.7 Å². The van der Waals surface area contributed by atoms with Crippen LogP contribution in [0.2, 0.25) is 0 Å². The van der Waals surface area contributed by atoms with Crippen molar-refractivity contribution in [3.05, 3.63) is 124 Å². The van der Waals surface area contributed by atoms with Gasteiger partial charge in [0.15, 0.2) is 0 Å². The number of amides is 3. The maximum Gasteiger partial charge on any atom is 0.255 e. The van der Waals surface area contributed by atoms with E-state index >= 15 is 0 Å². The number of aromatic hydroxyl groups is 1. The van der Waals surface area contributed by atoms with Crippen molar-refractivity contribution >= 4 is 29.1 Å². The summed E-state index contributed by atoms with van der Waals surface area (Å²) in [4.78, 5) is 49.5. The first-order valence-corrected chi connectivity index (χ1v) is 23.0. The van der Waals surface area contributed by atoms with Gasteiger partial charge in [-0.25, -0.2) is 0 Å². The Balaban J connectivity index is 0.716. The van der Waals surface area contributed by atoms with Crippen molar-refractivity contribution in [2.24, 2.45) is 11.8 Å². The summed E-state index contributed by atoms with van der Waals surface area (Å²) in [6.07, 6.45) is 8.07. The zero-order valence-electron chi connectivity index (χ0n) is 35.4. The van der Waals surface area contributed by atoms with Gasteiger partial charge < -0.3 is 19.8 Å². The van der Waals surface area contributed by atoms with Gasteiger partial charge in [-0.2, -0.15) is 0 Å². The number of benzene rings is 4. The first kappa shape index (κ1) is 39.9. The summed E-state index contributed by atoms with van der Waals surface area (Å²) in [5.74, 6) is 1.79. The summed E-state index contributed by atoms with van der Waals surface area (Å²) in [7, 11) is 0. The number of fused-ring (bicyclic) bond motifs is 2. The molecule has 4 aromatic rings. The van der Waals surface area contributed by atoms with Crippen LogP contribution in [-0.4, -0.2) is 109 Å². The largest absolute Gasteiger partial charge is 0.508 e. The molecule has 318 valence electrons. The number of hydrogen-bond donors (Lipinski definition) is 2. The van der Waals surface area contributed by atoms with E-state index in [4.69, 9.17) is 0 Å². The lowest BCUT2D eigenvalue weighted by Gasteiger charge is -2.43. The Morgan fingerprint density at radius 3 is 1.93 bits per heavy atom. The molecule has 10 rings (SSSR count). The maximum atomic E-state index is 13.2. The number of imide groups is 1. The zero-order chi connectivity index (χ0) is 41.5. The number of anilines is 2. The number of nitrogens with one attached hydrogen (secondary N) is 1.